The summed E-state index contributed by atoms with van der Waals surface area (Å²) in [5, 5.41) is 6.39. The highest BCUT2D eigenvalue weighted by Gasteiger charge is 2.68. The number of hydrogen-bond acceptors (Lipinski definition) is 6. The van der Waals surface area contributed by atoms with Crippen LogP contribution in [0.15, 0.2) is 59.2 Å². The molecule has 0 N–H and O–H groups in total. The molecule has 1 amide bonds. The Balaban J connectivity index is 1.43. The van der Waals surface area contributed by atoms with E-state index >= 15 is 0 Å². The van der Waals surface area contributed by atoms with Crippen molar-refractivity contribution in [1.29, 1.82) is 0 Å². The fraction of sp³-hybridized carbons (Fsp3) is 0.414. The summed E-state index contributed by atoms with van der Waals surface area (Å²) < 4.78 is 15.6. The van der Waals surface area contributed by atoms with Crippen molar-refractivity contribution in [2.75, 3.05) is 20.8 Å². The number of benzene rings is 2. The van der Waals surface area contributed by atoms with Crippen molar-refractivity contribution in [1.82, 2.24) is 5.01 Å². The molecule has 2 aliphatic carbocycles. The van der Waals surface area contributed by atoms with E-state index in [4.69, 9.17) is 19.3 Å². The number of rotatable bonds is 7. The number of hydrazone groups is 1. The van der Waals surface area contributed by atoms with Gasteiger partial charge in [-0.3, -0.25) is 9.59 Å². The van der Waals surface area contributed by atoms with Crippen LogP contribution >= 0.6 is 31.9 Å². The molecule has 7 nitrogen and oxygen atoms in total. The SMILES string of the molecule is COc1ccc(/C=C2/CCCC3C2=NN(C(=O)COC(=O)C2(C)CC2(Br)Br)C3c2ccc(OC)cc2)cc1. The first kappa shape index (κ1) is 26.9. The van der Waals surface area contributed by atoms with Gasteiger partial charge in [0, 0.05) is 5.92 Å². The van der Waals surface area contributed by atoms with Crippen LogP contribution in [0.1, 0.15) is 49.8 Å². The number of esters is 1. The highest BCUT2D eigenvalue weighted by Crippen LogP contribution is 2.66. The molecule has 2 aromatic rings. The normalized spacial score (nSPS) is 26.4. The summed E-state index contributed by atoms with van der Waals surface area (Å²) in [4.78, 5) is 26.2. The molecule has 1 aliphatic heterocycles. The standard InChI is InChI=1S/C29H30Br2N2O5/c1-28(17-29(28,30)31)27(35)38-16-24(34)33-26(19-9-13-22(37-3)14-10-19)23-6-4-5-20(25(23)32-33)15-18-7-11-21(36-2)12-8-18/h7-15,23,26H,4-6,16-17H2,1-3H3/b20-15-. The van der Waals surface area contributed by atoms with Gasteiger partial charge in [0.05, 0.1) is 34.6 Å². The lowest BCUT2D eigenvalue weighted by molar-refractivity contribution is -0.157. The predicted octanol–water partition coefficient (Wildman–Crippen LogP) is 6.27. The molecule has 0 bridgehead atoms. The molecule has 1 heterocycles. The molecule has 0 spiro atoms. The summed E-state index contributed by atoms with van der Waals surface area (Å²) in [6.45, 7) is 1.45. The number of carbonyl (C=O) groups excluding carboxylic acids is 2. The van der Waals surface area contributed by atoms with Crippen molar-refractivity contribution in [3.63, 3.8) is 0 Å². The van der Waals surface area contributed by atoms with Crippen molar-refractivity contribution >= 4 is 55.5 Å². The minimum atomic E-state index is -0.707. The lowest BCUT2D eigenvalue weighted by Crippen LogP contribution is -2.35. The molecule has 2 aromatic carbocycles. The Labute approximate surface area is 239 Å². The van der Waals surface area contributed by atoms with Crippen LogP contribution in [0.2, 0.25) is 0 Å². The van der Waals surface area contributed by atoms with E-state index in [2.05, 4.69) is 37.9 Å². The van der Waals surface area contributed by atoms with Crippen molar-refractivity contribution < 1.29 is 23.8 Å². The quantitative estimate of drug-likeness (QED) is 0.262. The fourth-order valence-electron chi connectivity index (χ4n) is 5.22. The first-order valence-electron chi connectivity index (χ1n) is 12.6. The Bertz CT molecular complexity index is 1290. The number of methoxy groups -OCH3 is 2. The van der Waals surface area contributed by atoms with Crippen LogP contribution in [0.3, 0.4) is 0 Å². The summed E-state index contributed by atoms with van der Waals surface area (Å²) in [5.41, 5.74) is 3.35. The number of carbonyl (C=O) groups is 2. The van der Waals surface area contributed by atoms with E-state index in [1.165, 1.54) is 5.01 Å². The monoisotopic (exact) mass is 644 g/mol. The van der Waals surface area contributed by atoms with E-state index < -0.39 is 14.6 Å². The zero-order chi connectivity index (χ0) is 27.1. The predicted molar refractivity (Wildman–Crippen MR) is 153 cm³/mol. The molecule has 0 aromatic heterocycles. The van der Waals surface area contributed by atoms with Gasteiger partial charge in [-0.05, 0) is 79.6 Å². The lowest BCUT2D eigenvalue weighted by Gasteiger charge is -2.29. The number of ether oxygens (including phenoxy) is 3. The maximum Gasteiger partial charge on any atom is 0.314 e. The number of amides is 1. The number of hydrogen-bond donors (Lipinski definition) is 0. The van der Waals surface area contributed by atoms with Gasteiger partial charge in [0.25, 0.3) is 5.91 Å². The van der Waals surface area contributed by atoms with Crippen LogP contribution < -0.4 is 9.47 Å². The Morgan fingerprint density at radius 2 is 1.66 bits per heavy atom. The average molecular weight is 646 g/mol. The van der Waals surface area contributed by atoms with Crippen molar-refractivity contribution in [3.05, 3.63) is 65.2 Å². The highest BCUT2D eigenvalue weighted by atomic mass is 79.9. The zero-order valence-corrected chi connectivity index (χ0v) is 24.7. The largest absolute Gasteiger partial charge is 0.497 e. The van der Waals surface area contributed by atoms with E-state index in [1.54, 1.807) is 14.2 Å². The van der Waals surface area contributed by atoms with Gasteiger partial charge < -0.3 is 14.2 Å². The third kappa shape index (κ3) is 5.02. The number of allylic oxidation sites excluding steroid dienone is 1. The van der Waals surface area contributed by atoms with E-state index in [0.29, 0.717) is 6.42 Å². The molecule has 38 heavy (non-hydrogen) atoms. The van der Waals surface area contributed by atoms with Crippen molar-refractivity contribution in [2.45, 2.75) is 41.9 Å². The van der Waals surface area contributed by atoms with Gasteiger partial charge in [-0.1, -0.05) is 56.1 Å². The molecule has 3 unspecified atom stereocenters. The zero-order valence-electron chi connectivity index (χ0n) is 21.6. The number of halogens is 2. The van der Waals surface area contributed by atoms with E-state index in [-0.39, 0.29) is 24.5 Å². The van der Waals surface area contributed by atoms with E-state index in [0.717, 1.165) is 53.2 Å². The molecule has 2 saturated carbocycles. The first-order valence-corrected chi connectivity index (χ1v) is 14.2. The first-order chi connectivity index (χ1) is 18.2. The lowest BCUT2D eigenvalue weighted by atomic mass is 9.77. The van der Waals surface area contributed by atoms with Crippen LogP contribution in [-0.2, 0) is 14.3 Å². The maximum atomic E-state index is 13.5. The summed E-state index contributed by atoms with van der Waals surface area (Å²) in [6, 6.07) is 15.4. The Hall–Kier alpha value is -2.65. The number of nitrogens with zero attached hydrogens (tertiary/aromatic N) is 2. The Morgan fingerprint density at radius 3 is 2.24 bits per heavy atom. The second-order valence-corrected chi connectivity index (χ2v) is 13.9. The van der Waals surface area contributed by atoms with Crippen LogP contribution in [0, 0.1) is 11.3 Å². The van der Waals surface area contributed by atoms with Gasteiger partial charge in [0.2, 0.25) is 0 Å². The summed E-state index contributed by atoms with van der Waals surface area (Å²) in [6.07, 6.45) is 5.52. The Morgan fingerprint density at radius 1 is 1.05 bits per heavy atom. The molecular formula is C29H30Br2N2O5. The van der Waals surface area contributed by atoms with Crippen LogP contribution in [-0.4, -0.2) is 46.7 Å². The molecule has 0 saturated heterocycles. The van der Waals surface area contributed by atoms with Gasteiger partial charge in [-0.2, -0.15) is 5.10 Å². The smallest absolute Gasteiger partial charge is 0.314 e. The van der Waals surface area contributed by atoms with Gasteiger partial charge in [0.1, 0.15) is 11.5 Å². The Kier molecular flexibility index (Phi) is 7.44. The molecule has 0 radical (unpaired) electrons. The highest BCUT2D eigenvalue weighted by molar-refractivity contribution is 9.25. The average Bonchev–Trinajstić information content (AvgIpc) is 3.25. The molecular weight excluding hydrogens is 616 g/mol. The van der Waals surface area contributed by atoms with E-state index in [9.17, 15) is 9.59 Å². The second-order valence-electron chi connectivity index (χ2n) is 10.2. The second kappa shape index (κ2) is 10.5. The van der Waals surface area contributed by atoms with Gasteiger partial charge >= 0.3 is 5.97 Å². The fourth-order valence-corrected chi connectivity index (χ4v) is 6.66. The minimum Gasteiger partial charge on any atom is -0.497 e. The molecule has 200 valence electrons. The van der Waals surface area contributed by atoms with Crippen molar-refractivity contribution in [3.8, 4) is 11.5 Å². The summed E-state index contributed by atoms with van der Waals surface area (Å²) in [7, 11) is 3.28. The van der Waals surface area contributed by atoms with E-state index in [1.807, 2.05) is 55.5 Å². The molecule has 3 atom stereocenters. The van der Waals surface area contributed by atoms with Crippen LogP contribution in [0.4, 0.5) is 0 Å². The summed E-state index contributed by atoms with van der Waals surface area (Å²) >= 11 is 6.99. The van der Waals surface area contributed by atoms with Crippen molar-refractivity contribution in [2.24, 2.45) is 16.4 Å². The third-order valence-electron chi connectivity index (χ3n) is 7.71. The summed E-state index contributed by atoms with van der Waals surface area (Å²) in [5.74, 6) is 0.831. The van der Waals surface area contributed by atoms with Crippen LogP contribution in [0.5, 0.6) is 11.5 Å². The third-order valence-corrected chi connectivity index (χ3v) is 10.0. The van der Waals surface area contributed by atoms with Gasteiger partial charge in [-0.15, -0.1) is 0 Å². The maximum absolute atomic E-state index is 13.5. The molecule has 9 heteroatoms. The van der Waals surface area contributed by atoms with Gasteiger partial charge in [-0.25, -0.2) is 5.01 Å². The topological polar surface area (TPSA) is 77.4 Å². The van der Waals surface area contributed by atoms with Crippen LogP contribution in [0.25, 0.3) is 6.08 Å². The number of fused-ring (bicyclic) bond motifs is 1. The molecule has 5 rings (SSSR count). The van der Waals surface area contributed by atoms with Gasteiger partial charge in [0.15, 0.2) is 6.61 Å². The molecule has 2 fully saturated rings. The minimum absolute atomic E-state index is 0.0416. The number of alkyl halides is 2. The molecule has 3 aliphatic rings.